The molecule has 1 saturated heterocycles. The molecular formula is C23H39N3O. The zero-order chi connectivity index (χ0) is 18.5. The molecule has 4 heteroatoms. The van der Waals surface area contributed by atoms with Gasteiger partial charge in [0.2, 0.25) is 5.91 Å². The van der Waals surface area contributed by atoms with Crippen molar-refractivity contribution in [2.45, 2.75) is 76.2 Å². The molecule has 1 amide bonds. The highest BCUT2D eigenvalue weighted by atomic mass is 16.1. The number of nitrogens with one attached hydrogen (secondary N) is 1. The summed E-state index contributed by atoms with van der Waals surface area (Å²) in [6.45, 7) is 5.57. The number of likely N-dealkylation sites (N-methyl/N-ethyl adjacent to an activating group) is 1. The van der Waals surface area contributed by atoms with Crippen LogP contribution in [-0.2, 0) is 4.79 Å². The van der Waals surface area contributed by atoms with Crippen molar-refractivity contribution >= 4 is 5.91 Å². The minimum Gasteiger partial charge on any atom is -0.354 e. The number of hydrogen-bond donors (Lipinski definition) is 1. The molecule has 0 aromatic carbocycles. The lowest BCUT2D eigenvalue weighted by Crippen LogP contribution is -2.59. The molecule has 0 radical (unpaired) electrons. The Kier molecular flexibility index (Phi) is 4.79. The fourth-order valence-electron chi connectivity index (χ4n) is 8.09. The van der Waals surface area contributed by atoms with Gasteiger partial charge in [-0.2, -0.15) is 0 Å². The van der Waals surface area contributed by atoms with Crippen molar-refractivity contribution in [2.75, 3.05) is 39.8 Å². The van der Waals surface area contributed by atoms with Crippen LogP contribution in [0.25, 0.3) is 0 Å². The van der Waals surface area contributed by atoms with Crippen molar-refractivity contribution in [2.24, 2.45) is 23.2 Å². The highest BCUT2D eigenvalue weighted by molar-refractivity contribution is 5.77. The van der Waals surface area contributed by atoms with Gasteiger partial charge in [-0.3, -0.25) is 9.69 Å². The fourth-order valence-corrected chi connectivity index (χ4v) is 8.09. The van der Waals surface area contributed by atoms with Crippen LogP contribution in [0.15, 0.2) is 0 Å². The Balaban J connectivity index is 1.19. The van der Waals surface area contributed by atoms with Crippen LogP contribution >= 0.6 is 0 Å². The third-order valence-electron chi connectivity index (χ3n) is 9.02. The van der Waals surface area contributed by atoms with Crippen LogP contribution in [0, 0.1) is 23.2 Å². The van der Waals surface area contributed by atoms with Gasteiger partial charge in [-0.05, 0) is 81.6 Å². The third-order valence-corrected chi connectivity index (χ3v) is 9.02. The number of piperazine rings is 1. The molecule has 0 spiro atoms. The van der Waals surface area contributed by atoms with E-state index in [1.807, 2.05) is 0 Å². The van der Waals surface area contributed by atoms with Crippen molar-refractivity contribution in [3.8, 4) is 0 Å². The van der Waals surface area contributed by atoms with Crippen LogP contribution < -0.4 is 5.32 Å². The van der Waals surface area contributed by atoms with Gasteiger partial charge >= 0.3 is 0 Å². The molecule has 1 aliphatic heterocycles. The van der Waals surface area contributed by atoms with E-state index in [4.69, 9.17) is 0 Å². The maximum absolute atomic E-state index is 13.0. The summed E-state index contributed by atoms with van der Waals surface area (Å²) < 4.78 is 0. The number of hydrogen-bond acceptors (Lipinski definition) is 3. The summed E-state index contributed by atoms with van der Waals surface area (Å²) in [6, 6.07) is 0. The summed E-state index contributed by atoms with van der Waals surface area (Å²) in [5, 5.41) is 3.45. The van der Waals surface area contributed by atoms with Crippen LogP contribution in [0.3, 0.4) is 0 Å². The zero-order valence-electron chi connectivity index (χ0n) is 17.3. The van der Waals surface area contributed by atoms with Crippen molar-refractivity contribution in [3.63, 3.8) is 0 Å². The van der Waals surface area contributed by atoms with Gasteiger partial charge in [-0.25, -0.2) is 0 Å². The summed E-state index contributed by atoms with van der Waals surface area (Å²) in [5.74, 6) is 3.18. The lowest BCUT2D eigenvalue weighted by molar-refractivity contribution is -0.130. The van der Waals surface area contributed by atoms with E-state index >= 15 is 0 Å². The largest absolute Gasteiger partial charge is 0.354 e. The van der Waals surface area contributed by atoms with E-state index in [2.05, 4.69) is 22.2 Å². The predicted octanol–water partition coefficient (Wildman–Crippen LogP) is 3.27. The monoisotopic (exact) mass is 373 g/mol. The van der Waals surface area contributed by atoms with Crippen LogP contribution in [0.1, 0.15) is 70.6 Å². The minimum absolute atomic E-state index is 0.248. The molecule has 4 bridgehead atoms. The highest BCUT2D eigenvalue weighted by Gasteiger charge is 2.51. The Labute approximate surface area is 165 Å². The van der Waals surface area contributed by atoms with E-state index in [9.17, 15) is 4.79 Å². The first-order valence-corrected chi connectivity index (χ1v) is 11.7. The van der Waals surface area contributed by atoms with E-state index in [1.165, 1.54) is 90.4 Å². The molecule has 1 heterocycles. The number of carbonyl (C=O) groups is 1. The first-order chi connectivity index (χ1) is 13.0. The second-order valence-corrected chi connectivity index (χ2v) is 11.1. The van der Waals surface area contributed by atoms with Gasteiger partial charge in [0.05, 0.1) is 0 Å². The molecule has 1 N–H and O–H groups in total. The number of nitrogens with zero attached hydrogens (tertiary/aromatic N) is 2. The molecule has 5 saturated carbocycles. The van der Waals surface area contributed by atoms with Gasteiger partial charge in [0.15, 0.2) is 0 Å². The minimum atomic E-state index is 0.248. The highest BCUT2D eigenvalue weighted by Crippen LogP contribution is 2.61. The molecule has 0 aromatic heterocycles. The Morgan fingerprint density at radius 3 is 2.04 bits per heavy atom. The van der Waals surface area contributed by atoms with Gasteiger partial charge in [0.1, 0.15) is 0 Å². The quantitative estimate of drug-likeness (QED) is 0.803. The zero-order valence-corrected chi connectivity index (χ0v) is 17.3. The number of rotatable bonds is 5. The third kappa shape index (κ3) is 3.57. The van der Waals surface area contributed by atoms with Gasteiger partial charge in [-0.1, -0.05) is 12.8 Å². The Hall–Kier alpha value is -0.610. The van der Waals surface area contributed by atoms with Gasteiger partial charge in [0, 0.05) is 44.7 Å². The average Bonchev–Trinajstić information content (AvgIpc) is 3.09. The van der Waals surface area contributed by atoms with Crippen LogP contribution in [0.2, 0.25) is 0 Å². The lowest BCUT2D eigenvalue weighted by atomic mass is 9.49. The molecule has 6 fully saturated rings. The lowest BCUT2D eigenvalue weighted by Gasteiger charge is -2.56. The van der Waals surface area contributed by atoms with E-state index < -0.39 is 0 Å². The smallest absolute Gasteiger partial charge is 0.220 e. The van der Waals surface area contributed by atoms with Crippen molar-refractivity contribution in [1.82, 2.24) is 15.1 Å². The van der Waals surface area contributed by atoms with Crippen molar-refractivity contribution in [1.29, 1.82) is 0 Å². The number of amides is 1. The summed E-state index contributed by atoms with van der Waals surface area (Å²) in [4.78, 5) is 18.2. The maximum Gasteiger partial charge on any atom is 0.220 e. The summed E-state index contributed by atoms with van der Waals surface area (Å²) in [7, 11) is 2.23. The molecule has 152 valence electrons. The van der Waals surface area contributed by atoms with Crippen molar-refractivity contribution < 1.29 is 4.79 Å². The summed E-state index contributed by atoms with van der Waals surface area (Å²) >= 11 is 0. The molecule has 0 unspecified atom stereocenters. The molecule has 4 nitrogen and oxygen atoms in total. The summed E-state index contributed by atoms with van der Waals surface area (Å²) in [5.41, 5.74) is 0.619. The molecule has 6 aliphatic rings. The molecular weight excluding hydrogens is 334 g/mol. The fraction of sp³-hybridized carbons (Fsp3) is 0.957. The van der Waals surface area contributed by atoms with E-state index in [-0.39, 0.29) is 5.54 Å². The van der Waals surface area contributed by atoms with Gasteiger partial charge in [0.25, 0.3) is 0 Å². The molecule has 0 atom stereocenters. The summed E-state index contributed by atoms with van der Waals surface area (Å²) in [6.07, 6.45) is 14.4. The van der Waals surface area contributed by atoms with E-state index in [0.717, 1.165) is 30.7 Å². The van der Waals surface area contributed by atoms with E-state index in [0.29, 0.717) is 11.3 Å². The number of carbonyl (C=O) groups excluding carboxylic acids is 1. The first kappa shape index (κ1) is 18.4. The molecule has 27 heavy (non-hydrogen) atoms. The molecule has 0 aromatic rings. The van der Waals surface area contributed by atoms with Crippen LogP contribution in [0.4, 0.5) is 0 Å². The van der Waals surface area contributed by atoms with Crippen molar-refractivity contribution in [3.05, 3.63) is 0 Å². The Morgan fingerprint density at radius 1 is 0.926 bits per heavy atom. The Morgan fingerprint density at radius 2 is 1.48 bits per heavy atom. The second-order valence-electron chi connectivity index (χ2n) is 11.1. The SMILES string of the molecule is CN1CCN(C2(CNC(=O)CC34CC5CC(CC(C5)C3)C4)CCCC2)CC1. The molecule has 6 rings (SSSR count). The predicted molar refractivity (Wildman–Crippen MR) is 109 cm³/mol. The van der Waals surface area contributed by atoms with Crippen LogP contribution in [-0.4, -0.2) is 61.0 Å². The van der Waals surface area contributed by atoms with Gasteiger partial charge < -0.3 is 10.2 Å². The topological polar surface area (TPSA) is 35.6 Å². The standard InChI is InChI=1S/C23H39N3O/c1-25-6-8-26(9-7-25)23(4-2-3-5-23)17-24-21(27)16-22-13-18-10-19(14-22)12-20(11-18)15-22/h18-20H,2-17H2,1H3,(H,24,27). The van der Waals surface area contributed by atoms with Gasteiger partial charge in [-0.15, -0.1) is 0 Å². The first-order valence-electron chi connectivity index (χ1n) is 11.7. The maximum atomic E-state index is 13.0. The second kappa shape index (κ2) is 7.02. The van der Waals surface area contributed by atoms with E-state index in [1.54, 1.807) is 0 Å². The normalized spacial score (nSPS) is 41.1. The Bertz CT molecular complexity index is 525. The average molecular weight is 374 g/mol. The van der Waals surface area contributed by atoms with Crippen LogP contribution in [0.5, 0.6) is 0 Å². The molecule has 5 aliphatic carbocycles.